The van der Waals surface area contributed by atoms with Crippen LogP contribution in [0.1, 0.15) is 136 Å². The zero-order valence-electron chi connectivity index (χ0n) is 44.8. The van der Waals surface area contributed by atoms with E-state index in [2.05, 4.69) is 47.4 Å². The molecular formula is C53H85N9O15. The van der Waals surface area contributed by atoms with Crippen molar-refractivity contribution in [2.45, 2.75) is 203 Å². The number of unbranched alkanes of at least 4 members (excludes halogenated alkanes) is 5. The lowest BCUT2D eigenvalue weighted by molar-refractivity contribution is -0.149. The van der Waals surface area contributed by atoms with Crippen LogP contribution in [0.25, 0.3) is 0 Å². The van der Waals surface area contributed by atoms with E-state index >= 15 is 0 Å². The van der Waals surface area contributed by atoms with Gasteiger partial charge in [0.25, 0.3) is 0 Å². The van der Waals surface area contributed by atoms with E-state index in [0.717, 1.165) is 55.2 Å². The van der Waals surface area contributed by atoms with E-state index in [1.165, 1.54) is 30.7 Å². The highest BCUT2D eigenvalue weighted by molar-refractivity contribution is 5.98. The molecule has 6 amide bonds. The largest absolute Gasteiger partial charge is 0.508 e. The van der Waals surface area contributed by atoms with Gasteiger partial charge in [0.05, 0.1) is 61.1 Å². The second-order valence-electron chi connectivity index (χ2n) is 21.3. The van der Waals surface area contributed by atoms with Crippen LogP contribution in [-0.4, -0.2) is 191 Å². The second-order valence-corrected chi connectivity index (χ2v) is 21.3. The van der Waals surface area contributed by atoms with Gasteiger partial charge in [0, 0.05) is 51.9 Å². The molecule has 0 spiro atoms. The van der Waals surface area contributed by atoms with Crippen molar-refractivity contribution in [1.29, 1.82) is 5.26 Å². The van der Waals surface area contributed by atoms with Gasteiger partial charge < -0.3 is 77.7 Å². The Morgan fingerprint density at radius 1 is 0.818 bits per heavy atom. The molecule has 24 nitrogen and oxygen atoms in total. The van der Waals surface area contributed by atoms with Gasteiger partial charge in [-0.2, -0.15) is 5.26 Å². The minimum Gasteiger partial charge on any atom is -0.508 e. The Labute approximate surface area is 450 Å². The SMILES string of the molecule is CCC(C)CC(C)CCCCCCCCC(=O)N[C@H]1C[C@@H](O)[C@@H](NCCN)NC(=O)[C@@H]2[C@@H](O)CCN2C(=O)[C@H]([C@H](O)CC#N)NC(=O)[C@H]([C@H](O)[C@@H](O)c2ccc(O)cc2)CC(=O)[C@@H]2C[C@@H](O)CN2C(=O)[C@H]([C@@H](C)O)NC1=O. The fraction of sp³-hybridized carbons (Fsp3) is 0.736. The van der Waals surface area contributed by atoms with E-state index < -0.39 is 158 Å². The zero-order chi connectivity index (χ0) is 57.1. The molecule has 0 aromatic heterocycles. The summed E-state index contributed by atoms with van der Waals surface area (Å²) in [6, 6.07) is -2.51. The Hall–Kier alpha value is -5.36. The van der Waals surface area contributed by atoms with Crippen LogP contribution in [0.3, 0.4) is 0 Å². The first-order chi connectivity index (χ1) is 36.5. The average Bonchev–Trinajstić information content (AvgIpc) is 3.99. The van der Waals surface area contributed by atoms with Crippen LogP contribution >= 0.6 is 0 Å². The fourth-order valence-electron chi connectivity index (χ4n) is 10.4. The van der Waals surface area contributed by atoms with Gasteiger partial charge in [-0.05, 0) is 55.7 Å². The molecule has 0 bridgehead atoms. The molecular weight excluding hydrogens is 1000 g/mol. The van der Waals surface area contributed by atoms with Crippen LogP contribution in [0.2, 0.25) is 0 Å². The third kappa shape index (κ3) is 18.6. The maximum Gasteiger partial charge on any atom is 0.248 e. The highest BCUT2D eigenvalue weighted by atomic mass is 16.3. The number of carbonyl (C=O) groups excluding carboxylic acids is 7. The minimum atomic E-state index is -2.21. The fourth-order valence-corrected chi connectivity index (χ4v) is 10.4. The van der Waals surface area contributed by atoms with Gasteiger partial charge in [0.2, 0.25) is 35.4 Å². The molecule has 16 atom stereocenters. The number of aromatic hydroxyl groups is 1. The van der Waals surface area contributed by atoms with Crippen LogP contribution in [0, 0.1) is 29.1 Å². The number of phenols is 1. The molecule has 3 heterocycles. The van der Waals surface area contributed by atoms with Crippen molar-refractivity contribution in [1.82, 2.24) is 36.4 Å². The Morgan fingerprint density at radius 2 is 1.45 bits per heavy atom. The molecule has 0 radical (unpaired) electrons. The molecule has 2 unspecified atom stereocenters. The Balaban J connectivity index is 1.73. The number of nitrogens with two attached hydrogens (primary N) is 1. The van der Waals surface area contributed by atoms with Crippen LogP contribution in [-0.2, 0) is 33.6 Å². The third-order valence-electron chi connectivity index (χ3n) is 15.0. The number of Topliss-reactive ketones (excluding diaryl/α,β-unsaturated/α-hetero) is 1. The van der Waals surface area contributed by atoms with Crippen LogP contribution < -0.4 is 32.3 Å². The maximum absolute atomic E-state index is 14.5. The number of aliphatic hydroxyl groups is 7. The second kappa shape index (κ2) is 31.3. The number of hydrogen-bond acceptors (Lipinski definition) is 18. The normalized spacial score (nSPS) is 28.6. The number of nitrogens with zero attached hydrogens (tertiary/aromatic N) is 3. The van der Waals surface area contributed by atoms with E-state index in [-0.39, 0.29) is 43.8 Å². The van der Waals surface area contributed by atoms with E-state index in [9.17, 15) is 79.7 Å². The maximum atomic E-state index is 14.5. The Bertz CT molecular complexity index is 2150. The number of rotatable bonds is 22. The predicted molar refractivity (Wildman–Crippen MR) is 278 cm³/mol. The molecule has 3 saturated heterocycles. The summed E-state index contributed by atoms with van der Waals surface area (Å²) in [6.07, 6.45) is -8.58. The lowest BCUT2D eigenvalue weighted by Gasteiger charge is -2.34. The first-order valence-corrected chi connectivity index (χ1v) is 27.2. The smallest absolute Gasteiger partial charge is 0.248 e. The number of ketones is 1. The monoisotopic (exact) mass is 1090 g/mol. The molecule has 24 heteroatoms. The molecule has 15 N–H and O–H groups in total. The molecule has 3 aliphatic heterocycles. The van der Waals surface area contributed by atoms with Gasteiger partial charge in [-0.1, -0.05) is 77.8 Å². The Morgan fingerprint density at radius 3 is 2.09 bits per heavy atom. The first-order valence-electron chi connectivity index (χ1n) is 27.2. The zero-order valence-corrected chi connectivity index (χ0v) is 44.8. The molecule has 0 saturated carbocycles. The van der Waals surface area contributed by atoms with Gasteiger partial charge in [-0.15, -0.1) is 0 Å². The van der Waals surface area contributed by atoms with Crippen molar-refractivity contribution in [2.75, 3.05) is 26.2 Å². The van der Waals surface area contributed by atoms with Crippen molar-refractivity contribution < 1.29 is 74.4 Å². The van der Waals surface area contributed by atoms with E-state index in [1.807, 2.05) is 0 Å². The quantitative estimate of drug-likeness (QED) is 0.0578. The third-order valence-corrected chi connectivity index (χ3v) is 15.0. The lowest BCUT2D eigenvalue weighted by atomic mass is 9.86. The highest BCUT2D eigenvalue weighted by Crippen LogP contribution is 2.30. The van der Waals surface area contributed by atoms with Crippen molar-refractivity contribution in [3.05, 3.63) is 29.8 Å². The van der Waals surface area contributed by atoms with E-state index in [1.54, 1.807) is 6.07 Å². The van der Waals surface area contributed by atoms with Crippen LogP contribution in [0.4, 0.5) is 0 Å². The average molecular weight is 1090 g/mol. The van der Waals surface area contributed by atoms with Gasteiger partial charge >= 0.3 is 0 Å². The Kier molecular flexibility index (Phi) is 26.1. The van der Waals surface area contributed by atoms with Crippen LogP contribution in [0.15, 0.2) is 24.3 Å². The van der Waals surface area contributed by atoms with Crippen molar-refractivity contribution in [3.63, 3.8) is 0 Å². The summed E-state index contributed by atoms with van der Waals surface area (Å²) in [4.78, 5) is 102. The summed E-state index contributed by atoms with van der Waals surface area (Å²) in [7, 11) is 0. The molecule has 77 heavy (non-hydrogen) atoms. The number of nitrogens with one attached hydrogen (secondary N) is 5. The minimum absolute atomic E-state index is 0.0296. The number of amides is 6. The van der Waals surface area contributed by atoms with Crippen molar-refractivity contribution >= 4 is 41.2 Å². The summed E-state index contributed by atoms with van der Waals surface area (Å²) < 4.78 is 0. The molecule has 4 rings (SSSR count). The van der Waals surface area contributed by atoms with Crippen molar-refractivity contribution in [2.24, 2.45) is 23.5 Å². The molecule has 1 aromatic rings. The topological polar surface area (TPSA) is 398 Å². The van der Waals surface area contributed by atoms with Gasteiger partial charge in [-0.25, -0.2) is 0 Å². The van der Waals surface area contributed by atoms with E-state index in [4.69, 9.17) is 5.73 Å². The molecule has 3 aliphatic rings. The summed E-state index contributed by atoms with van der Waals surface area (Å²) in [5.74, 6) is -8.29. The van der Waals surface area contributed by atoms with Gasteiger partial charge in [-0.3, -0.25) is 38.9 Å². The first kappa shape index (κ1) is 64.2. The predicted octanol–water partition coefficient (Wildman–Crippen LogP) is -1.66. The van der Waals surface area contributed by atoms with Gasteiger partial charge in [0.1, 0.15) is 42.2 Å². The molecule has 3 fully saturated rings. The molecule has 1 aromatic carbocycles. The number of nitriles is 1. The molecule has 0 aliphatic carbocycles. The number of hydrogen-bond donors (Lipinski definition) is 14. The van der Waals surface area contributed by atoms with Gasteiger partial charge in [0.15, 0.2) is 5.78 Å². The van der Waals surface area contributed by atoms with Crippen molar-refractivity contribution in [3.8, 4) is 11.8 Å². The standard InChI is InChI=1S/C53H85N9O15/c1-5-29(2)24-30(3)12-10-8-6-7-9-11-13-42(70)57-36-27-41(69)48(56-22-21-55)60-51(75)45-39(67)19-23-61(45)53(77)44(38(66)18-20-54)59-49(73)35(47(72)46(71)32-14-16-33(64)17-15-32)26-40(68)37-25-34(65)28-62(37)52(76)43(31(4)63)58-50(36)74/h14-17,29-31,34-39,41,43-48,56,63-67,69,71-72H,5-13,18-19,21-28,55H2,1-4H3,(H,57,70)(H,58,74)(H,59,73)(H,60,75)/t29?,30?,31-,34-,35+,36+,37+,38-,39+,41-,43+,44+,45+,46+,47+,48+/m1/s1. The highest BCUT2D eigenvalue weighted by Gasteiger charge is 2.49. The number of phenolic OH excluding ortho intramolecular Hbond substituents is 1. The molecule has 432 valence electrons. The summed E-state index contributed by atoms with van der Waals surface area (Å²) in [6.45, 7) is 6.93. The number of fused-ring (bicyclic) bond motifs is 2. The number of benzene rings is 1. The van der Waals surface area contributed by atoms with Crippen LogP contribution in [0.5, 0.6) is 5.75 Å². The summed E-state index contributed by atoms with van der Waals surface area (Å²) >= 11 is 0. The summed E-state index contributed by atoms with van der Waals surface area (Å²) in [5, 5.41) is 112. The number of carbonyl (C=O) groups is 7. The summed E-state index contributed by atoms with van der Waals surface area (Å²) in [5.41, 5.74) is 5.73. The lowest BCUT2D eigenvalue weighted by Crippen LogP contribution is -2.63. The number of aliphatic hydroxyl groups excluding tert-OH is 7. The van der Waals surface area contributed by atoms with E-state index in [0.29, 0.717) is 24.7 Å².